The van der Waals surface area contributed by atoms with Crippen molar-refractivity contribution in [2.75, 3.05) is 26.7 Å². The molecule has 29 heavy (non-hydrogen) atoms. The van der Waals surface area contributed by atoms with E-state index in [1.165, 1.54) is 16.9 Å². The van der Waals surface area contributed by atoms with Crippen LogP contribution in [0.5, 0.6) is 11.5 Å². The third-order valence-corrected chi connectivity index (χ3v) is 5.60. The minimum absolute atomic E-state index is 0.0721. The number of methoxy groups -OCH3 is 1. The number of carbonyl (C=O) groups is 1. The first-order chi connectivity index (χ1) is 14.0. The topological polar surface area (TPSA) is 63.7 Å². The predicted molar refractivity (Wildman–Crippen MR) is 116 cm³/mol. The van der Waals surface area contributed by atoms with Crippen molar-refractivity contribution in [3.05, 3.63) is 52.0 Å². The van der Waals surface area contributed by atoms with Gasteiger partial charge in [-0.05, 0) is 44.9 Å². The summed E-state index contributed by atoms with van der Waals surface area (Å²) in [5.74, 6) is 1.08. The normalized spacial score (nSPS) is 15.0. The maximum absolute atomic E-state index is 12.7. The number of ether oxygens (including phenoxy) is 2. The van der Waals surface area contributed by atoms with Crippen molar-refractivity contribution in [1.82, 2.24) is 15.2 Å². The zero-order valence-corrected chi connectivity index (χ0v) is 18.1. The molecule has 3 rings (SSSR count). The highest BCUT2D eigenvalue weighted by Gasteiger charge is 2.21. The number of thiazole rings is 1. The first-order valence-electron chi connectivity index (χ1n) is 9.89. The second-order valence-corrected chi connectivity index (χ2v) is 8.18. The molecule has 0 spiro atoms. The molecule has 0 atom stereocenters. The van der Waals surface area contributed by atoms with Gasteiger partial charge in [0.05, 0.1) is 18.3 Å². The molecule has 1 amide bonds. The van der Waals surface area contributed by atoms with Crippen molar-refractivity contribution in [2.45, 2.75) is 39.3 Å². The first-order valence-corrected chi connectivity index (χ1v) is 10.8. The van der Waals surface area contributed by atoms with Crippen molar-refractivity contribution < 1.29 is 14.3 Å². The Hall–Kier alpha value is -2.38. The van der Waals surface area contributed by atoms with Crippen LogP contribution in [0.4, 0.5) is 0 Å². The molecule has 0 bridgehead atoms. The van der Waals surface area contributed by atoms with Gasteiger partial charge in [-0.15, -0.1) is 11.3 Å². The molecule has 156 valence electrons. The number of carbonyl (C=O) groups excluding carboxylic acids is 1. The third-order valence-electron chi connectivity index (χ3n) is 4.97. The van der Waals surface area contributed by atoms with Gasteiger partial charge in [-0.3, -0.25) is 9.69 Å². The highest BCUT2D eigenvalue weighted by Crippen LogP contribution is 2.29. The van der Waals surface area contributed by atoms with Crippen molar-refractivity contribution in [3.63, 3.8) is 0 Å². The van der Waals surface area contributed by atoms with Gasteiger partial charge in [0.2, 0.25) is 0 Å². The predicted octanol–water partition coefficient (Wildman–Crippen LogP) is 3.89. The molecule has 0 aliphatic carbocycles. The number of piperidine rings is 1. The molecule has 0 radical (unpaired) electrons. The van der Waals surface area contributed by atoms with Crippen LogP contribution >= 0.6 is 11.3 Å². The number of hydrogen-bond donors (Lipinski definition) is 1. The Morgan fingerprint density at radius 2 is 2.10 bits per heavy atom. The Bertz CT molecular complexity index is 824. The average Bonchev–Trinajstić information content (AvgIpc) is 3.25. The Morgan fingerprint density at radius 1 is 1.31 bits per heavy atom. The SMILES string of the molecule is COc1cc(C(=O)NC2CCN(CC=C(C)C)CC2)ccc1OCc1cscn1. The second kappa shape index (κ2) is 10.4. The van der Waals surface area contributed by atoms with Gasteiger partial charge in [0.15, 0.2) is 11.5 Å². The van der Waals surface area contributed by atoms with E-state index in [0.717, 1.165) is 38.2 Å². The lowest BCUT2D eigenvalue weighted by Gasteiger charge is -2.31. The molecular weight excluding hydrogens is 386 g/mol. The molecular formula is C22H29N3O3S. The summed E-state index contributed by atoms with van der Waals surface area (Å²) in [6.45, 7) is 7.61. The van der Waals surface area contributed by atoms with Crippen LogP contribution in [0.2, 0.25) is 0 Å². The molecule has 1 fully saturated rings. The monoisotopic (exact) mass is 415 g/mol. The summed E-state index contributed by atoms with van der Waals surface area (Å²) in [7, 11) is 1.58. The Morgan fingerprint density at radius 3 is 2.76 bits per heavy atom. The van der Waals surface area contributed by atoms with Crippen molar-refractivity contribution in [3.8, 4) is 11.5 Å². The van der Waals surface area contributed by atoms with Crippen LogP contribution in [-0.2, 0) is 6.61 Å². The molecule has 1 N–H and O–H groups in total. The molecule has 1 saturated heterocycles. The highest BCUT2D eigenvalue weighted by atomic mass is 32.1. The minimum atomic E-state index is -0.0721. The summed E-state index contributed by atoms with van der Waals surface area (Å²) in [5.41, 5.74) is 4.56. The number of likely N-dealkylation sites (tertiary alicyclic amines) is 1. The lowest BCUT2D eigenvalue weighted by molar-refractivity contribution is 0.0913. The molecule has 0 unspecified atom stereocenters. The van der Waals surface area contributed by atoms with Gasteiger partial charge >= 0.3 is 0 Å². The van der Waals surface area contributed by atoms with E-state index >= 15 is 0 Å². The van der Waals surface area contributed by atoms with E-state index in [0.29, 0.717) is 23.7 Å². The Kier molecular flexibility index (Phi) is 7.66. The van der Waals surface area contributed by atoms with E-state index in [4.69, 9.17) is 9.47 Å². The van der Waals surface area contributed by atoms with Crippen LogP contribution in [0.1, 0.15) is 42.7 Å². The molecule has 2 aromatic rings. The molecule has 1 aromatic heterocycles. The maximum Gasteiger partial charge on any atom is 0.251 e. The van der Waals surface area contributed by atoms with Crippen LogP contribution < -0.4 is 14.8 Å². The molecule has 1 aliphatic heterocycles. The van der Waals surface area contributed by atoms with Crippen LogP contribution in [-0.4, -0.2) is 48.6 Å². The van der Waals surface area contributed by atoms with Crippen LogP contribution in [0.15, 0.2) is 40.7 Å². The quantitative estimate of drug-likeness (QED) is 0.663. The van der Waals surface area contributed by atoms with E-state index in [1.807, 2.05) is 5.38 Å². The van der Waals surface area contributed by atoms with Crippen LogP contribution in [0.25, 0.3) is 0 Å². The largest absolute Gasteiger partial charge is 0.493 e. The van der Waals surface area contributed by atoms with Gasteiger partial charge < -0.3 is 14.8 Å². The minimum Gasteiger partial charge on any atom is -0.493 e. The number of aromatic nitrogens is 1. The fourth-order valence-corrected chi connectivity index (χ4v) is 3.77. The van der Waals surface area contributed by atoms with Crippen LogP contribution in [0.3, 0.4) is 0 Å². The smallest absolute Gasteiger partial charge is 0.251 e. The van der Waals surface area contributed by atoms with E-state index in [-0.39, 0.29) is 11.9 Å². The highest BCUT2D eigenvalue weighted by molar-refractivity contribution is 7.07. The summed E-state index contributed by atoms with van der Waals surface area (Å²) in [6, 6.07) is 5.49. The number of nitrogens with one attached hydrogen (secondary N) is 1. The summed E-state index contributed by atoms with van der Waals surface area (Å²) in [4.78, 5) is 19.3. The summed E-state index contributed by atoms with van der Waals surface area (Å²) in [6.07, 6.45) is 4.19. The van der Waals surface area contributed by atoms with Crippen molar-refractivity contribution >= 4 is 17.2 Å². The number of allylic oxidation sites excluding steroid dienone is 1. The first kappa shape index (κ1) is 21.3. The van der Waals surface area contributed by atoms with E-state index in [2.05, 4.69) is 35.1 Å². The molecule has 6 nitrogen and oxygen atoms in total. The van der Waals surface area contributed by atoms with Crippen LogP contribution in [0, 0.1) is 0 Å². The van der Waals surface area contributed by atoms with Crippen molar-refractivity contribution in [1.29, 1.82) is 0 Å². The van der Waals surface area contributed by atoms with E-state index < -0.39 is 0 Å². The number of hydrogen-bond acceptors (Lipinski definition) is 6. The Labute approximate surface area is 176 Å². The van der Waals surface area contributed by atoms with Gasteiger partial charge in [-0.25, -0.2) is 4.98 Å². The van der Waals surface area contributed by atoms with Crippen molar-refractivity contribution in [2.24, 2.45) is 0 Å². The molecule has 7 heteroatoms. The zero-order chi connectivity index (χ0) is 20.6. The number of rotatable bonds is 8. The fraction of sp³-hybridized carbons (Fsp3) is 0.455. The summed E-state index contributed by atoms with van der Waals surface area (Å²) < 4.78 is 11.2. The van der Waals surface area contributed by atoms with Gasteiger partial charge in [-0.2, -0.15) is 0 Å². The number of amides is 1. The average molecular weight is 416 g/mol. The van der Waals surface area contributed by atoms with Gasteiger partial charge in [0.1, 0.15) is 6.61 Å². The maximum atomic E-state index is 12.7. The second-order valence-electron chi connectivity index (χ2n) is 7.46. The van der Waals surface area contributed by atoms with Gasteiger partial charge in [-0.1, -0.05) is 11.6 Å². The molecule has 2 heterocycles. The number of nitrogens with zero attached hydrogens (tertiary/aromatic N) is 2. The zero-order valence-electron chi connectivity index (χ0n) is 17.3. The summed E-state index contributed by atoms with van der Waals surface area (Å²) >= 11 is 1.53. The summed E-state index contributed by atoms with van der Waals surface area (Å²) in [5, 5.41) is 5.10. The lowest BCUT2D eigenvalue weighted by atomic mass is 10.0. The molecule has 1 aromatic carbocycles. The Balaban J connectivity index is 1.53. The molecule has 1 aliphatic rings. The van der Waals surface area contributed by atoms with Gasteiger partial charge in [0.25, 0.3) is 5.91 Å². The molecule has 0 saturated carbocycles. The standard InChI is InChI=1S/C22H29N3O3S/c1-16(2)6-9-25-10-7-18(8-11-25)24-22(26)17-4-5-20(21(12-17)27-3)28-13-19-14-29-15-23-19/h4-6,12,14-15,18H,7-11,13H2,1-3H3,(H,24,26). The fourth-order valence-electron chi connectivity index (χ4n) is 3.23. The van der Waals surface area contributed by atoms with E-state index in [1.54, 1.807) is 30.8 Å². The lowest BCUT2D eigenvalue weighted by Crippen LogP contribution is -2.44. The van der Waals surface area contributed by atoms with E-state index in [9.17, 15) is 4.79 Å². The number of benzene rings is 1. The third kappa shape index (κ3) is 6.30. The van der Waals surface area contributed by atoms with Gasteiger partial charge in [0, 0.05) is 36.6 Å².